The predicted molar refractivity (Wildman–Crippen MR) is 113 cm³/mol. The number of halogens is 3. The van der Waals surface area contributed by atoms with Gasteiger partial charge in [0, 0.05) is 44.1 Å². The molecule has 2 amide bonds. The molecular weight excluding hydrogens is 425 g/mol. The van der Waals surface area contributed by atoms with Gasteiger partial charge in [-0.3, -0.25) is 14.5 Å². The van der Waals surface area contributed by atoms with Crippen LogP contribution in [0.15, 0.2) is 42.6 Å². The van der Waals surface area contributed by atoms with Gasteiger partial charge in [-0.2, -0.15) is 13.2 Å². The Hall–Kier alpha value is -3.14. The molecule has 0 spiro atoms. The summed E-state index contributed by atoms with van der Waals surface area (Å²) < 4.78 is 41.2. The molecule has 3 rings (SSSR count). The summed E-state index contributed by atoms with van der Waals surface area (Å²) >= 11 is 0. The fraction of sp³-hybridized carbons (Fsp3) is 0.409. The maximum Gasteiger partial charge on any atom is 0.422 e. The molecule has 1 fully saturated rings. The molecule has 172 valence electrons. The van der Waals surface area contributed by atoms with Crippen LogP contribution in [0.25, 0.3) is 0 Å². The average molecular weight is 450 g/mol. The highest BCUT2D eigenvalue weighted by molar-refractivity contribution is 5.94. The second-order valence-electron chi connectivity index (χ2n) is 7.42. The summed E-state index contributed by atoms with van der Waals surface area (Å²) in [4.78, 5) is 32.4. The largest absolute Gasteiger partial charge is 0.468 e. The number of aromatic nitrogens is 1. The molecule has 7 nitrogen and oxygen atoms in total. The third-order valence-corrected chi connectivity index (χ3v) is 5.07. The molecular formula is C22H25F3N4O3. The molecule has 0 unspecified atom stereocenters. The Bertz CT molecular complexity index is 927. The van der Waals surface area contributed by atoms with Gasteiger partial charge in [-0.1, -0.05) is 25.1 Å². The van der Waals surface area contributed by atoms with Gasteiger partial charge in [0.2, 0.25) is 11.8 Å². The van der Waals surface area contributed by atoms with Gasteiger partial charge in [-0.15, -0.1) is 0 Å². The van der Waals surface area contributed by atoms with Crippen molar-refractivity contribution in [3.8, 4) is 5.88 Å². The Labute approximate surface area is 184 Å². The Balaban J connectivity index is 1.46. The van der Waals surface area contributed by atoms with E-state index in [4.69, 9.17) is 0 Å². The lowest BCUT2D eigenvalue weighted by atomic mass is 10.1. The van der Waals surface area contributed by atoms with Gasteiger partial charge in [0.1, 0.15) is 0 Å². The van der Waals surface area contributed by atoms with E-state index >= 15 is 0 Å². The smallest absolute Gasteiger partial charge is 0.422 e. The number of nitrogens with one attached hydrogen (secondary N) is 1. The number of nitrogens with zero attached hydrogens (tertiary/aromatic N) is 3. The van der Waals surface area contributed by atoms with Crippen molar-refractivity contribution < 1.29 is 27.5 Å². The standard InChI is InChI=1S/C22H25F3N4O3/c1-2-16-5-3-4-6-18(16)27-19(30)14-28-9-11-29(12-10-28)21(31)17-7-8-20(26-13-17)32-15-22(23,24)25/h3-8,13H,2,9-12,14-15H2,1H3,(H,27,30). The first-order valence-electron chi connectivity index (χ1n) is 10.3. The van der Waals surface area contributed by atoms with Crippen molar-refractivity contribution in [1.29, 1.82) is 0 Å². The first-order valence-corrected chi connectivity index (χ1v) is 10.3. The van der Waals surface area contributed by atoms with Gasteiger partial charge < -0.3 is 15.0 Å². The maximum atomic E-state index is 12.6. The van der Waals surface area contributed by atoms with E-state index in [2.05, 4.69) is 15.0 Å². The lowest BCUT2D eigenvalue weighted by Gasteiger charge is -2.34. The van der Waals surface area contributed by atoms with Crippen LogP contribution in [0.3, 0.4) is 0 Å². The van der Waals surface area contributed by atoms with Crippen molar-refractivity contribution in [3.63, 3.8) is 0 Å². The Morgan fingerprint density at radius 3 is 2.44 bits per heavy atom. The first kappa shape index (κ1) is 23.5. The minimum Gasteiger partial charge on any atom is -0.468 e. The van der Waals surface area contributed by atoms with E-state index in [0.717, 1.165) is 17.7 Å². The highest BCUT2D eigenvalue weighted by atomic mass is 19.4. The molecule has 10 heteroatoms. The first-order chi connectivity index (χ1) is 15.2. The molecule has 2 aromatic rings. The molecule has 0 aliphatic carbocycles. The molecule has 1 aliphatic heterocycles. The van der Waals surface area contributed by atoms with Crippen molar-refractivity contribution in [3.05, 3.63) is 53.7 Å². The Morgan fingerprint density at radius 2 is 1.81 bits per heavy atom. The molecule has 0 atom stereocenters. The summed E-state index contributed by atoms with van der Waals surface area (Å²) in [5, 5.41) is 2.94. The van der Waals surface area contributed by atoms with Gasteiger partial charge >= 0.3 is 6.18 Å². The van der Waals surface area contributed by atoms with Gasteiger partial charge in [-0.05, 0) is 24.1 Å². The number of ether oxygens (including phenoxy) is 1. The predicted octanol–water partition coefficient (Wildman–Crippen LogP) is 2.98. The molecule has 1 aliphatic rings. The second kappa shape index (κ2) is 10.4. The number of carbonyl (C=O) groups excluding carboxylic acids is 2. The quantitative estimate of drug-likeness (QED) is 0.702. The fourth-order valence-corrected chi connectivity index (χ4v) is 3.38. The number of carbonyl (C=O) groups is 2. The van der Waals surface area contributed by atoms with Crippen molar-refractivity contribution in [2.45, 2.75) is 19.5 Å². The van der Waals surface area contributed by atoms with E-state index in [9.17, 15) is 22.8 Å². The summed E-state index contributed by atoms with van der Waals surface area (Å²) in [6.07, 6.45) is -2.42. The molecule has 1 aromatic heterocycles. The molecule has 1 N–H and O–H groups in total. The van der Waals surface area contributed by atoms with Crippen LogP contribution in [0.1, 0.15) is 22.8 Å². The van der Waals surface area contributed by atoms with Gasteiger partial charge in [-0.25, -0.2) is 4.98 Å². The number of alkyl halides is 3. The molecule has 1 aromatic carbocycles. The molecule has 0 radical (unpaired) electrons. The minimum atomic E-state index is -4.45. The van der Waals surface area contributed by atoms with E-state index in [1.165, 1.54) is 18.3 Å². The van der Waals surface area contributed by atoms with E-state index in [1.54, 1.807) is 4.90 Å². The average Bonchev–Trinajstić information content (AvgIpc) is 2.78. The second-order valence-corrected chi connectivity index (χ2v) is 7.42. The van der Waals surface area contributed by atoms with Crippen molar-refractivity contribution >= 4 is 17.5 Å². The number of benzene rings is 1. The number of para-hydroxylation sites is 1. The number of rotatable bonds is 7. The fourth-order valence-electron chi connectivity index (χ4n) is 3.38. The topological polar surface area (TPSA) is 74.8 Å². The summed E-state index contributed by atoms with van der Waals surface area (Å²) in [6.45, 7) is 2.76. The van der Waals surface area contributed by atoms with Gasteiger partial charge in [0.25, 0.3) is 5.91 Å². The Kier molecular flexibility index (Phi) is 7.68. The molecule has 0 saturated carbocycles. The van der Waals surface area contributed by atoms with Crippen molar-refractivity contribution in [2.24, 2.45) is 0 Å². The number of hydrogen-bond acceptors (Lipinski definition) is 5. The maximum absolute atomic E-state index is 12.6. The number of pyridine rings is 1. The lowest BCUT2D eigenvalue weighted by molar-refractivity contribution is -0.154. The van der Waals surface area contributed by atoms with Crippen molar-refractivity contribution in [1.82, 2.24) is 14.8 Å². The summed E-state index contributed by atoms with van der Waals surface area (Å²) in [5.74, 6) is -0.565. The zero-order chi connectivity index (χ0) is 23.1. The van der Waals surface area contributed by atoms with Crippen molar-refractivity contribution in [2.75, 3.05) is 44.6 Å². The molecule has 1 saturated heterocycles. The number of amides is 2. The van der Waals surface area contributed by atoms with E-state index < -0.39 is 12.8 Å². The molecule has 0 bridgehead atoms. The van der Waals surface area contributed by atoms with Crippen LogP contribution in [0.4, 0.5) is 18.9 Å². The zero-order valence-electron chi connectivity index (χ0n) is 17.7. The van der Waals surface area contributed by atoms with Gasteiger partial charge in [0.15, 0.2) is 6.61 Å². The van der Waals surface area contributed by atoms with Crippen LogP contribution in [0, 0.1) is 0 Å². The monoisotopic (exact) mass is 450 g/mol. The van der Waals surface area contributed by atoms with Crippen LogP contribution >= 0.6 is 0 Å². The van der Waals surface area contributed by atoms with Crippen LogP contribution in [-0.4, -0.2) is 72.1 Å². The molecule has 32 heavy (non-hydrogen) atoms. The van der Waals surface area contributed by atoms with Crippen LogP contribution in [0.5, 0.6) is 5.88 Å². The van der Waals surface area contributed by atoms with E-state index in [-0.39, 0.29) is 29.8 Å². The number of hydrogen-bond donors (Lipinski definition) is 1. The van der Waals surface area contributed by atoms with Gasteiger partial charge in [0.05, 0.1) is 12.1 Å². The number of piperazine rings is 1. The van der Waals surface area contributed by atoms with Crippen LogP contribution < -0.4 is 10.1 Å². The minimum absolute atomic E-state index is 0.107. The SMILES string of the molecule is CCc1ccccc1NC(=O)CN1CCN(C(=O)c2ccc(OCC(F)(F)F)nc2)CC1. The van der Waals surface area contributed by atoms with E-state index in [0.29, 0.717) is 26.2 Å². The normalized spacial score (nSPS) is 14.8. The third kappa shape index (κ3) is 6.68. The summed E-state index contributed by atoms with van der Waals surface area (Å²) in [5.41, 5.74) is 2.15. The highest BCUT2D eigenvalue weighted by Gasteiger charge is 2.29. The summed E-state index contributed by atoms with van der Waals surface area (Å²) in [6, 6.07) is 10.3. The van der Waals surface area contributed by atoms with Crippen LogP contribution in [-0.2, 0) is 11.2 Å². The van der Waals surface area contributed by atoms with Crippen LogP contribution in [0.2, 0.25) is 0 Å². The highest BCUT2D eigenvalue weighted by Crippen LogP contribution is 2.18. The summed E-state index contributed by atoms with van der Waals surface area (Å²) in [7, 11) is 0. The number of anilines is 1. The Morgan fingerprint density at radius 1 is 1.09 bits per heavy atom. The molecule has 2 heterocycles. The number of aryl methyl sites for hydroxylation is 1. The van der Waals surface area contributed by atoms with E-state index in [1.807, 2.05) is 36.1 Å². The third-order valence-electron chi connectivity index (χ3n) is 5.07. The lowest BCUT2D eigenvalue weighted by Crippen LogP contribution is -2.50. The zero-order valence-corrected chi connectivity index (χ0v) is 17.7.